The van der Waals surface area contributed by atoms with Crippen LogP contribution in [0.3, 0.4) is 0 Å². The Morgan fingerprint density at radius 1 is 1.20 bits per heavy atom. The monoisotopic (exact) mass is 342 g/mol. The zero-order chi connectivity index (χ0) is 17.4. The maximum absolute atomic E-state index is 13.0. The minimum Gasteiger partial charge on any atom is -0.367 e. The molecule has 1 N–H and O–H groups in total. The molecule has 1 aliphatic carbocycles. The van der Waals surface area contributed by atoms with Crippen LogP contribution >= 0.6 is 0 Å². The molecule has 2 atom stereocenters. The lowest BCUT2D eigenvalue weighted by molar-refractivity contribution is 0.151. The van der Waals surface area contributed by atoms with Crippen molar-refractivity contribution >= 4 is 11.5 Å². The smallest absolute Gasteiger partial charge is 0.265 e. The van der Waals surface area contributed by atoms with E-state index < -0.39 is 6.43 Å². The van der Waals surface area contributed by atoms with Crippen molar-refractivity contribution in [2.24, 2.45) is 5.92 Å². The normalized spacial score (nSPS) is 20.5. The van der Waals surface area contributed by atoms with E-state index in [0.29, 0.717) is 23.3 Å². The third kappa shape index (κ3) is 3.08. The van der Waals surface area contributed by atoms with Crippen LogP contribution in [0.15, 0.2) is 42.7 Å². The number of fused-ring (bicyclic) bond motifs is 1. The lowest BCUT2D eigenvalue weighted by Crippen LogP contribution is -2.22. The molecular formula is C19H20F2N4. The highest BCUT2D eigenvalue weighted by Gasteiger charge is 2.23. The number of hydrogen-bond donors (Lipinski definition) is 1. The molecule has 0 unspecified atom stereocenters. The summed E-state index contributed by atoms with van der Waals surface area (Å²) in [5, 5.41) is 3.51. The third-order valence-corrected chi connectivity index (χ3v) is 4.99. The van der Waals surface area contributed by atoms with Gasteiger partial charge in [0.15, 0.2) is 0 Å². The average molecular weight is 342 g/mol. The van der Waals surface area contributed by atoms with Crippen LogP contribution in [0.4, 0.5) is 14.6 Å². The fourth-order valence-electron chi connectivity index (χ4n) is 3.52. The summed E-state index contributed by atoms with van der Waals surface area (Å²) in [6.07, 6.45) is 4.23. The number of pyridine rings is 2. The summed E-state index contributed by atoms with van der Waals surface area (Å²) in [6, 6.07) is 9.21. The van der Waals surface area contributed by atoms with Crippen molar-refractivity contribution in [3.8, 4) is 11.4 Å². The van der Waals surface area contributed by atoms with Crippen molar-refractivity contribution < 1.29 is 8.78 Å². The van der Waals surface area contributed by atoms with Gasteiger partial charge in [0, 0.05) is 17.8 Å². The van der Waals surface area contributed by atoms with E-state index in [1.807, 2.05) is 18.2 Å². The van der Waals surface area contributed by atoms with Crippen LogP contribution < -0.4 is 5.32 Å². The van der Waals surface area contributed by atoms with Gasteiger partial charge in [0.05, 0.1) is 17.6 Å². The molecule has 0 bridgehead atoms. The van der Waals surface area contributed by atoms with Gasteiger partial charge in [0.2, 0.25) is 0 Å². The molecule has 25 heavy (non-hydrogen) atoms. The number of imidazole rings is 1. The van der Waals surface area contributed by atoms with Crippen molar-refractivity contribution in [2.75, 3.05) is 5.32 Å². The molecule has 3 aromatic heterocycles. The topological polar surface area (TPSA) is 42.2 Å². The number of anilines is 1. The minimum absolute atomic E-state index is 0.0270. The third-order valence-electron chi connectivity index (χ3n) is 4.99. The van der Waals surface area contributed by atoms with Gasteiger partial charge in [-0.2, -0.15) is 0 Å². The van der Waals surface area contributed by atoms with E-state index in [4.69, 9.17) is 0 Å². The highest BCUT2D eigenvalue weighted by molar-refractivity contribution is 5.62. The molecule has 0 spiro atoms. The molecule has 3 heterocycles. The van der Waals surface area contributed by atoms with Crippen LogP contribution in [-0.2, 0) is 0 Å². The van der Waals surface area contributed by atoms with Crippen LogP contribution in [-0.4, -0.2) is 20.4 Å². The molecule has 1 fully saturated rings. The van der Waals surface area contributed by atoms with Gasteiger partial charge in [-0.15, -0.1) is 0 Å². The van der Waals surface area contributed by atoms with Crippen LogP contribution in [0.25, 0.3) is 17.0 Å². The Labute approximate surface area is 144 Å². The van der Waals surface area contributed by atoms with Gasteiger partial charge < -0.3 is 5.32 Å². The van der Waals surface area contributed by atoms with Crippen molar-refractivity contribution in [2.45, 2.75) is 38.7 Å². The second kappa shape index (κ2) is 6.43. The molecular weight excluding hydrogens is 322 g/mol. The predicted molar refractivity (Wildman–Crippen MR) is 93.8 cm³/mol. The minimum atomic E-state index is -2.51. The second-order valence-corrected chi connectivity index (χ2v) is 6.70. The summed E-state index contributed by atoms with van der Waals surface area (Å²) >= 11 is 0. The van der Waals surface area contributed by atoms with E-state index in [9.17, 15) is 8.78 Å². The predicted octanol–water partition coefficient (Wildman–Crippen LogP) is 4.93. The molecule has 4 rings (SSSR count). The Morgan fingerprint density at radius 3 is 2.84 bits per heavy atom. The van der Waals surface area contributed by atoms with E-state index in [-0.39, 0.29) is 5.56 Å². The zero-order valence-corrected chi connectivity index (χ0v) is 14.0. The first kappa shape index (κ1) is 16.0. The number of alkyl halides is 2. The standard InChI is InChI=1S/C19H20F2N4/c1-12-4-2-5-14(12)23-17-7-3-6-15(24-17)16-10-22-18-9-8-13(19(20)21)11-25(16)18/h3,6-12,14,19H,2,4-5H2,1H3,(H,23,24)/t12-,14-/m0/s1. The molecule has 130 valence electrons. The molecule has 1 aliphatic rings. The van der Waals surface area contributed by atoms with Gasteiger partial charge >= 0.3 is 0 Å². The Balaban J connectivity index is 1.68. The fourth-order valence-corrected chi connectivity index (χ4v) is 3.52. The SMILES string of the molecule is C[C@H]1CCC[C@@H]1Nc1cccc(-c2cnc3ccc(C(F)F)cn23)n1. The van der Waals surface area contributed by atoms with Gasteiger partial charge in [-0.25, -0.2) is 18.7 Å². The van der Waals surface area contributed by atoms with Gasteiger partial charge in [0.1, 0.15) is 11.5 Å². The van der Waals surface area contributed by atoms with Gasteiger partial charge in [0.25, 0.3) is 6.43 Å². The fraction of sp³-hybridized carbons (Fsp3) is 0.368. The summed E-state index contributed by atoms with van der Waals surface area (Å²) in [7, 11) is 0. The first-order valence-electron chi connectivity index (χ1n) is 8.61. The lowest BCUT2D eigenvalue weighted by atomic mass is 10.1. The first-order valence-corrected chi connectivity index (χ1v) is 8.61. The Hall–Kier alpha value is -2.50. The van der Waals surface area contributed by atoms with Crippen molar-refractivity contribution in [1.82, 2.24) is 14.4 Å². The van der Waals surface area contributed by atoms with Crippen molar-refractivity contribution in [3.05, 3.63) is 48.3 Å². The Bertz CT molecular complexity index is 890. The van der Waals surface area contributed by atoms with E-state index in [2.05, 4.69) is 22.2 Å². The molecule has 4 nitrogen and oxygen atoms in total. The summed E-state index contributed by atoms with van der Waals surface area (Å²) in [5.74, 6) is 1.45. The molecule has 1 saturated carbocycles. The number of halogens is 2. The van der Waals surface area contributed by atoms with E-state index >= 15 is 0 Å². The summed E-state index contributed by atoms with van der Waals surface area (Å²) in [4.78, 5) is 8.98. The average Bonchev–Trinajstić information content (AvgIpc) is 3.21. The summed E-state index contributed by atoms with van der Waals surface area (Å²) in [5.41, 5.74) is 2.03. The quantitative estimate of drug-likeness (QED) is 0.731. The maximum atomic E-state index is 13.0. The van der Waals surface area contributed by atoms with Gasteiger partial charge in [-0.05, 0) is 43.0 Å². The van der Waals surface area contributed by atoms with Crippen LogP contribution in [0, 0.1) is 5.92 Å². The number of aromatic nitrogens is 3. The summed E-state index contributed by atoms with van der Waals surface area (Å²) in [6.45, 7) is 2.25. The molecule has 6 heteroatoms. The highest BCUT2D eigenvalue weighted by atomic mass is 19.3. The molecule has 0 radical (unpaired) electrons. The molecule has 0 aromatic carbocycles. The lowest BCUT2D eigenvalue weighted by Gasteiger charge is -2.18. The van der Waals surface area contributed by atoms with Crippen LogP contribution in [0.2, 0.25) is 0 Å². The van der Waals surface area contributed by atoms with Gasteiger partial charge in [-0.1, -0.05) is 19.4 Å². The Kier molecular flexibility index (Phi) is 4.11. The number of nitrogens with zero attached hydrogens (tertiary/aromatic N) is 3. The van der Waals surface area contributed by atoms with E-state index in [1.54, 1.807) is 16.7 Å². The van der Waals surface area contributed by atoms with Crippen molar-refractivity contribution in [1.29, 1.82) is 0 Å². The van der Waals surface area contributed by atoms with E-state index in [1.165, 1.54) is 25.1 Å². The number of rotatable bonds is 4. The molecule has 0 saturated heterocycles. The first-order chi connectivity index (χ1) is 12.1. The molecule has 0 amide bonds. The highest BCUT2D eigenvalue weighted by Crippen LogP contribution is 2.29. The second-order valence-electron chi connectivity index (χ2n) is 6.70. The molecule has 0 aliphatic heterocycles. The maximum Gasteiger partial charge on any atom is 0.265 e. The van der Waals surface area contributed by atoms with E-state index in [0.717, 1.165) is 17.9 Å². The summed E-state index contributed by atoms with van der Waals surface area (Å²) < 4.78 is 27.7. The Morgan fingerprint density at radius 2 is 2.08 bits per heavy atom. The number of nitrogens with one attached hydrogen (secondary N) is 1. The zero-order valence-electron chi connectivity index (χ0n) is 14.0. The largest absolute Gasteiger partial charge is 0.367 e. The number of hydrogen-bond acceptors (Lipinski definition) is 3. The molecule has 3 aromatic rings. The van der Waals surface area contributed by atoms with Crippen molar-refractivity contribution in [3.63, 3.8) is 0 Å². The van der Waals surface area contributed by atoms with Gasteiger partial charge in [-0.3, -0.25) is 4.40 Å². The van der Waals surface area contributed by atoms with Crippen LogP contribution in [0.5, 0.6) is 0 Å². The van der Waals surface area contributed by atoms with Crippen LogP contribution in [0.1, 0.15) is 38.2 Å².